The molecule has 0 aromatic rings. The lowest BCUT2D eigenvalue weighted by molar-refractivity contribution is 0.00360. The summed E-state index contributed by atoms with van der Waals surface area (Å²) >= 11 is 0. The minimum Gasteiger partial charge on any atom is -0.300 e. The summed E-state index contributed by atoms with van der Waals surface area (Å²) in [5.74, 6) is 1.84. The van der Waals surface area contributed by atoms with Crippen LogP contribution in [0.5, 0.6) is 0 Å². The summed E-state index contributed by atoms with van der Waals surface area (Å²) in [6.07, 6.45) is 7.85. The Kier molecular flexibility index (Phi) is 5.82. The fraction of sp³-hybridized carbons (Fsp3) is 0.900. The van der Waals surface area contributed by atoms with E-state index in [9.17, 15) is 0 Å². The van der Waals surface area contributed by atoms with Crippen LogP contribution in [0.1, 0.15) is 46.5 Å². The van der Waals surface area contributed by atoms with E-state index in [-0.39, 0.29) is 0 Å². The molecule has 0 amide bonds. The van der Waals surface area contributed by atoms with Crippen molar-refractivity contribution in [3.63, 3.8) is 0 Å². The van der Waals surface area contributed by atoms with Crippen molar-refractivity contribution >= 4 is 0 Å². The highest BCUT2D eigenvalue weighted by molar-refractivity contribution is 4.98. The number of likely N-dealkylation sites (tertiary alicyclic amines) is 1. The van der Waals surface area contributed by atoms with Crippen molar-refractivity contribution in [2.75, 3.05) is 39.3 Å². The summed E-state index contributed by atoms with van der Waals surface area (Å²) in [7, 11) is 0. The maximum atomic E-state index is 4.15. The highest BCUT2D eigenvalue weighted by Crippen LogP contribution is 2.30. The summed E-state index contributed by atoms with van der Waals surface area (Å²) in [6, 6.07) is 2.11. The fourth-order valence-electron chi connectivity index (χ4n) is 4.80. The first kappa shape index (κ1) is 17.4. The van der Waals surface area contributed by atoms with Gasteiger partial charge in [0.2, 0.25) is 0 Å². The Bertz CT molecular complexity index is 380. The van der Waals surface area contributed by atoms with Gasteiger partial charge in [-0.25, -0.2) is 0 Å². The molecule has 132 valence electrons. The van der Waals surface area contributed by atoms with Gasteiger partial charge in [0.1, 0.15) is 0 Å². The van der Waals surface area contributed by atoms with Crippen molar-refractivity contribution in [1.29, 1.82) is 0 Å². The molecule has 1 saturated carbocycles. The standard InChI is InChI=1S/C20H37N3/c1-5-19-15-21(12-18-13-22(14-18)16(2)3)10-11-23(19)20-8-6-17(4)7-9-20/h5,16-20H,1,6-15H2,2-4H3/t17?,19-,20?/m1/s1. The number of nitrogens with zero attached hydrogens (tertiary/aromatic N) is 3. The predicted octanol–water partition coefficient (Wildman–Crippen LogP) is 3.08. The minimum absolute atomic E-state index is 0.573. The van der Waals surface area contributed by atoms with Crippen LogP contribution in [-0.2, 0) is 0 Å². The predicted molar refractivity (Wildman–Crippen MR) is 98.8 cm³/mol. The maximum absolute atomic E-state index is 4.15. The first-order valence-corrected chi connectivity index (χ1v) is 9.91. The third-order valence-electron chi connectivity index (χ3n) is 6.50. The molecule has 3 aliphatic rings. The zero-order valence-electron chi connectivity index (χ0n) is 15.6. The molecule has 1 atom stereocenters. The second-order valence-corrected chi connectivity index (χ2v) is 8.63. The first-order chi connectivity index (χ1) is 11.1. The van der Waals surface area contributed by atoms with Gasteiger partial charge in [-0.2, -0.15) is 0 Å². The van der Waals surface area contributed by atoms with Crippen LogP contribution in [0.15, 0.2) is 12.7 Å². The van der Waals surface area contributed by atoms with Gasteiger partial charge in [0.15, 0.2) is 0 Å². The van der Waals surface area contributed by atoms with Gasteiger partial charge < -0.3 is 4.90 Å². The van der Waals surface area contributed by atoms with E-state index in [0.717, 1.165) is 23.9 Å². The van der Waals surface area contributed by atoms with Gasteiger partial charge in [-0.05, 0) is 51.4 Å². The Morgan fingerprint density at radius 1 is 1.04 bits per heavy atom. The molecule has 2 heterocycles. The van der Waals surface area contributed by atoms with E-state index in [4.69, 9.17) is 0 Å². The summed E-state index contributed by atoms with van der Waals surface area (Å²) in [5, 5.41) is 0. The molecule has 2 aliphatic heterocycles. The lowest BCUT2D eigenvalue weighted by Crippen LogP contribution is -2.60. The van der Waals surface area contributed by atoms with Crippen molar-refractivity contribution in [2.24, 2.45) is 11.8 Å². The van der Waals surface area contributed by atoms with E-state index in [1.165, 1.54) is 65.0 Å². The molecule has 23 heavy (non-hydrogen) atoms. The van der Waals surface area contributed by atoms with Crippen LogP contribution in [0, 0.1) is 11.8 Å². The quantitative estimate of drug-likeness (QED) is 0.721. The highest BCUT2D eigenvalue weighted by atomic mass is 15.3. The number of piperazine rings is 1. The topological polar surface area (TPSA) is 9.72 Å². The van der Waals surface area contributed by atoms with Crippen molar-refractivity contribution < 1.29 is 0 Å². The molecule has 3 nitrogen and oxygen atoms in total. The Labute approximate surface area is 143 Å². The number of hydrogen-bond acceptors (Lipinski definition) is 3. The third kappa shape index (κ3) is 4.18. The highest BCUT2D eigenvalue weighted by Gasteiger charge is 2.35. The molecule has 1 aliphatic carbocycles. The second-order valence-electron chi connectivity index (χ2n) is 8.63. The van der Waals surface area contributed by atoms with Gasteiger partial charge in [0.25, 0.3) is 0 Å². The van der Waals surface area contributed by atoms with Crippen LogP contribution in [0.4, 0.5) is 0 Å². The molecule has 0 aromatic heterocycles. The van der Waals surface area contributed by atoms with Crippen molar-refractivity contribution in [3.05, 3.63) is 12.7 Å². The zero-order valence-corrected chi connectivity index (χ0v) is 15.6. The summed E-state index contributed by atoms with van der Waals surface area (Å²) < 4.78 is 0. The molecule has 0 aromatic carbocycles. The van der Waals surface area contributed by atoms with Gasteiger partial charge in [-0.1, -0.05) is 13.0 Å². The Morgan fingerprint density at radius 2 is 1.74 bits per heavy atom. The molecule has 3 fully saturated rings. The molecule has 2 saturated heterocycles. The van der Waals surface area contributed by atoms with Gasteiger partial charge in [-0.3, -0.25) is 9.80 Å². The van der Waals surface area contributed by atoms with E-state index >= 15 is 0 Å². The molecular formula is C20H37N3. The van der Waals surface area contributed by atoms with Gasteiger partial charge >= 0.3 is 0 Å². The second kappa shape index (κ2) is 7.67. The van der Waals surface area contributed by atoms with E-state index < -0.39 is 0 Å². The van der Waals surface area contributed by atoms with Gasteiger partial charge in [0, 0.05) is 57.4 Å². The molecule has 0 spiro atoms. The summed E-state index contributed by atoms with van der Waals surface area (Å²) in [5.41, 5.74) is 0. The van der Waals surface area contributed by atoms with Crippen molar-refractivity contribution in [3.8, 4) is 0 Å². The monoisotopic (exact) mass is 319 g/mol. The van der Waals surface area contributed by atoms with E-state index in [1.54, 1.807) is 0 Å². The summed E-state index contributed by atoms with van der Waals surface area (Å²) in [4.78, 5) is 8.07. The maximum Gasteiger partial charge on any atom is 0.0406 e. The molecule has 0 N–H and O–H groups in total. The lowest BCUT2D eigenvalue weighted by Gasteiger charge is -2.49. The smallest absolute Gasteiger partial charge is 0.0406 e. The van der Waals surface area contributed by atoms with Crippen LogP contribution in [-0.4, -0.2) is 72.1 Å². The Balaban J connectivity index is 1.46. The normalized spacial score (nSPS) is 35.4. The largest absolute Gasteiger partial charge is 0.300 e. The van der Waals surface area contributed by atoms with Crippen molar-refractivity contribution in [2.45, 2.75) is 64.6 Å². The molecule has 0 unspecified atom stereocenters. The van der Waals surface area contributed by atoms with E-state index in [2.05, 4.69) is 48.1 Å². The average Bonchev–Trinajstić information content (AvgIpc) is 2.50. The van der Waals surface area contributed by atoms with Crippen LogP contribution >= 0.6 is 0 Å². The van der Waals surface area contributed by atoms with Crippen molar-refractivity contribution in [1.82, 2.24) is 14.7 Å². The first-order valence-electron chi connectivity index (χ1n) is 9.91. The minimum atomic E-state index is 0.573. The Morgan fingerprint density at radius 3 is 2.35 bits per heavy atom. The number of rotatable bonds is 5. The SMILES string of the molecule is C=C[C@@H]1CN(CC2CN(C(C)C)C2)CCN1C1CCC(C)CC1. The molecule has 0 bridgehead atoms. The van der Waals surface area contributed by atoms with Crippen LogP contribution < -0.4 is 0 Å². The Hall–Kier alpha value is -0.380. The average molecular weight is 320 g/mol. The zero-order chi connectivity index (χ0) is 16.4. The van der Waals surface area contributed by atoms with E-state index in [1.807, 2.05) is 0 Å². The molecule has 3 heteroatoms. The molecule has 0 radical (unpaired) electrons. The number of hydrogen-bond donors (Lipinski definition) is 0. The van der Waals surface area contributed by atoms with Crippen LogP contribution in [0.2, 0.25) is 0 Å². The van der Waals surface area contributed by atoms with Gasteiger partial charge in [-0.15, -0.1) is 6.58 Å². The molecule has 3 rings (SSSR count). The lowest BCUT2D eigenvalue weighted by atomic mass is 9.85. The molecular weight excluding hydrogens is 282 g/mol. The van der Waals surface area contributed by atoms with E-state index in [0.29, 0.717) is 6.04 Å². The fourth-order valence-corrected chi connectivity index (χ4v) is 4.80. The summed E-state index contributed by atoms with van der Waals surface area (Å²) in [6.45, 7) is 18.8. The van der Waals surface area contributed by atoms with Crippen LogP contribution in [0.25, 0.3) is 0 Å². The van der Waals surface area contributed by atoms with Crippen LogP contribution in [0.3, 0.4) is 0 Å². The third-order valence-corrected chi connectivity index (χ3v) is 6.50. The van der Waals surface area contributed by atoms with Gasteiger partial charge in [0.05, 0.1) is 0 Å².